The van der Waals surface area contributed by atoms with Gasteiger partial charge < -0.3 is 4.74 Å². The van der Waals surface area contributed by atoms with E-state index in [0.29, 0.717) is 0 Å². The fourth-order valence-electron chi connectivity index (χ4n) is 2.33. The predicted octanol–water partition coefficient (Wildman–Crippen LogP) is 2.20. The van der Waals surface area contributed by atoms with Crippen LogP contribution < -0.4 is 0 Å². The number of ether oxygens (including phenoxy) is 1. The summed E-state index contributed by atoms with van der Waals surface area (Å²) < 4.78 is 5.43. The molecule has 0 bridgehead atoms. The minimum atomic E-state index is -1.83. The van der Waals surface area contributed by atoms with Crippen LogP contribution in [0.25, 0.3) is 0 Å². The summed E-state index contributed by atoms with van der Waals surface area (Å²) in [5.41, 5.74) is -3.94. The van der Waals surface area contributed by atoms with E-state index in [4.69, 9.17) is 15.3 Å². The van der Waals surface area contributed by atoms with Gasteiger partial charge in [-0.3, -0.25) is 9.78 Å². The molecule has 0 saturated heterocycles. The maximum atomic E-state index is 12.2. The number of carbonyl (C=O) groups is 2. The first kappa shape index (κ1) is 19.3. The molecule has 0 saturated carbocycles. The fourth-order valence-corrected chi connectivity index (χ4v) is 2.33. The molecule has 0 heterocycles. The zero-order chi connectivity index (χ0) is 16.9. The van der Waals surface area contributed by atoms with Crippen LogP contribution in [-0.2, 0) is 24.1 Å². The smallest absolute Gasteiger partial charge is 0.350 e. The average molecular weight is 302 g/mol. The highest BCUT2D eigenvalue weighted by Crippen LogP contribution is 2.49. The highest BCUT2D eigenvalue weighted by atomic mass is 17.1. The second-order valence-electron chi connectivity index (χ2n) is 5.66. The molecule has 0 aliphatic heterocycles. The Labute approximate surface area is 123 Å². The van der Waals surface area contributed by atoms with Gasteiger partial charge in [0, 0.05) is 10.8 Å². The molecule has 0 aromatic heterocycles. The summed E-state index contributed by atoms with van der Waals surface area (Å²) in [6, 6.07) is 0. The largest absolute Gasteiger partial charge is 0.375 e. The number of hydrogen-bond acceptors (Lipinski definition) is 7. The molecule has 0 spiro atoms. The molecule has 0 amide bonds. The third kappa shape index (κ3) is 3.31. The molecule has 0 aliphatic rings. The molecule has 0 atom stereocenters. The second kappa shape index (κ2) is 6.84. The lowest BCUT2D eigenvalue weighted by Crippen LogP contribution is -2.62. The lowest BCUT2D eigenvalue weighted by atomic mass is 9.60. The lowest BCUT2D eigenvalue weighted by Gasteiger charge is -2.49. The summed E-state index contributed by atoms with van der Waals surface area (Å²) in [7, 11) is 0. The molecule has 0 aromatic carbocycles. The van der Waals surface area contributed by atoms with Crippen LogP contribution >= 0.6 is 0 Å². The molecule has 21 heavy (non-hydrogen) atoms. The Morgan fingerprint density at radius 2 is 1.43 bits per heavy atom. The molecule has 7 heteroatoms. The van der Waals surface area contributed by atoms with Gasteiger partial charge in [-0.15, -0.1) is 13.2 Å². The van der Waals surface area contributed by atoms with Crippen molar-refractivity contribution in [2.24, 2.45) is 10.8 Å². The Hall–Kier alpha value is -1.70. The summed E-state index contributed by atoms with van der Waals surface area (Å²) in [6.45, 7) is 13.0. The molecular weight excluding hydrogens is 280 g/mol. The van der Waals surface area contributed by atoms with Crippen LogP contribution in [0.5, 0.6) is 0 Å². The van der Waals surface area contributed by atoms with Crippen LogP contribution in [0.3, 0.4) is 0 Å². The molecule has 7 nitrogen and oxygen atoms in total. The van der Waals surface area contributed by atoms with Gasteiger partial charge >= 0.3 is 11.9 Å². The number of carbonyl (C=O) groups excluding carboxylic acids is 2. The number of hydrogen-bond donors (Lipinski definition) is 2. The SMILES string of the molecule is C=CC(C)(C)C(OCC(=O)OO)(C(=O)OO)C(C)(C)C=C. The van der Waals surface area contributed by atoms with Gasteiger partial charge in [-0.2, -0.15) is 10.5 Å². The van der Waals surface area contributed by atoms with E-state index in [0.717, 1.165) is 0 Å². The first-order chi connectivity index (χ1) is 9.56. The van der Waals surface area contributed by atoms with E-state index in [-0.39, 0.29) is 0 Å². The van der Waals surface area contributed by atoms with E-state index in [9.17, 15) is 9.59 Å². The van der Waals surface area contributed by atoms with Crippen molar-refractivity contribution in [3.63, 3.8) is 0 Å². The maximum absolute atomic E-state index is 12.2. The van der Waals surface area contributed by atoms with Crippen molar-refractivity contribution in [2.75, 3.05) is 6.61 Å². The zero-order valence-electron chi connectivity index (χ0n) is 12.7. The second-order valence-corrected chi connectivity index (χ2v) is 5.66. The first-order valence-electron chi connectivity index (χ1n) is 6.17. The van der Waals surface area contributed by atoms with Gasteiger partial charge in [0.1, 0.15) is 6.61 Å². The van der Waals surface area contributed by atoms with Crippen molar-refractivity contribution < 1.29 is 34.6 Å². The van der Waals surface area contributed by atoms with Gasteiger partial charge in [0.05, 0.1) is 0 Å². The normalized spacial score (nSPS) is 12.5. The summed E-state index contributed by atoms with van der Waals surface area (Å²) in [4.78, 5) is 30.8. The fraction of sp³-hybridized carbons (Fsp3) is 0.571. The van der Waals surface area contributed by atoms with Crippen LogP contribution in [0, 0.1) is 10.8 Å². The van der Waals surface area contributed by atoms with E-state index in [1.54, 1.807) is 27.7 Å². The van der Waals surface area contributed by atoms with E-state index in [1.165, 1.54) is 12.2 Å². The van der Waals surface area contributed by atoms with Gasteiger partial charge in [0.2, 0.25) is 0 Å². The Morgan fingerprint density at radius 3 is 1.71 bits per heavy atom. The Morgan fingerprint density at radius 1 is 1.00 bits per heavy atom. The molecule has 0 fully saturated rings. The van der Waals surface area contributed by atoms with E-state index in [2.05, 4.69) is 22.9 Å². The highest BCUT2D eigenvalue weighted by Gasteiger charge is 2.61. The van der Waals surface area contributed by atoms with E-state index in [1.807, 2.05) is 0 Å². The van der Waals surface area contributed by atoms with Crippen LogP contribution in [0.15, 0.2) is 25.3 Å². The maximum Gasteiger partial charge on any atom is 0.375 e. The van der Waals surface area contributed by atoms with Crippen LogP contribution in [0.2, 0.25) is 0 Å². The van der Waals surface area contributed by atoms with E-state index < -0.39 is 35.0 Å². The van der Waals surface area contributed by atoms with Gasteiger partial charge in [0.25, 0.3) is 0 Å². The molecular formula is C14H22O7. The van der Waals surface area contributed by atoms with Crippen molar-refractivity contribution in [1.82, 2.24) is 0 Å². The summed E-state index contributed by atoms with van der Waals surface area (Å²) in [6.07, 6.45) is 2.86. The molecule has 2 N–H and O–H groups in total. The van der Waals surface area contributed by atoms with Crippen molar-refractivity contribution >= 4 is 11.9 Å². The third-order valence-electron chi connectivity index (χ3n) is 3.71. The van der Waals surface area contributed by atoms with Gasteiger partial charge in [-0.1, -0.05) is 39.8 Å². The van der Waals surface area contributed by atoms with Crippen LogP contribution in [0.1, 0.15) is 27.7 Å². The van der Waals surface area contributed by atoms with Crippen molar-refractivity contribution in [3.05, 3.63) is 25.3 Å². The molecule has 120 valence electrons. The van der Waals surface area contributed by atoms with Crippen LogP contribution in [-0.4, -0.2) is 34.7 Å². The zero-order valence-corrected chi connectivity index (χ0v) is 12.7. The monoisotopic (exact) mass is 302 g/mol. The van der Waals surface area contributed by atoms with Gasteiger partial charge in [-0.25, -0.2) is 9.59 Å². The predicted molar refractivity (Wildman–Crippen MR) is 74.1 cm³/mol. The minimum Gasteiger partial charge on any atom is -0.350 e. The first-order valence-corrected chi connectivity index (χ1v) is 6.17. The van der Waals surface area contributed by atoms with Crippen molar-refractivity contribution in [2.45, 2.75) is 33.3 Å². The average Bonchev–Trinajstić information content (AvgIpc) is 2.46. The Kier molecular flexibility index (Phi) is 6.29. The Balaban J connectivity index is 6.12. The van der Waals surface area contributed by atoms with E-state index >= 15 is 0 Å². The molecule has 0 aromatic rings. The molecule has 0 radical (unpaired) electrons. The summed E-state index contributed by atoms with van der Waals surface area (Å²) in [5.74, 6) is -2.23. The van der Waals surface area contributed by atoms with Gasteiger partial charge in [0.15, 0.2) is 5.60 Å². The standard InChI is InChI=1S/C14H22O7/c1-7-12(3,4)14(11(16)21-18,13(5,6)8-2)19-9-10(15)20-17/h7-8,17-18H,1-2,9H2,3-6H3. The number of rotatable bonds is 8. The molecule has 0 unspecified atom stereocenters. The van der Waals surface area contributed by atoms with Gasteiger partial charge in [-0.05, 0) is 0 Å². The Bertz CT molecular complexity index is 403. The quantitative estimate of drug-likeness (QED) is 0.402. The molecule has 0 aliphatic carbocycles. The van der Waals surface area contributed by atoms with Crippen LogP contribution in [0.4, 0.5) is 0 Å². The summed E-state index contributed by atoms with van der Waals surface area (Å²) in [5, 5.41) is 17.2. The third-order valence-corrected chi connectivity index (χ3v) is 3.71. The lowest BCUT2D eigenvalue weighted by molar-refractivity contribution is -0.278. The minimum absolute atomic E-state index is 0.736. The highest BCUT2D eigenvalue weighted by molar-refractivity contribution is 5.83. The topological polar surface area (TPSA) is 102 Å². The molecule has 0 rings (SSSR count). The van der Waals surface area contributed by atoms with Crippen molar-refractivity contribution in [1.29, 1.82) is 0 Å². The summed E-state index contributed by atoms with van der Waals surface area (Å²) >= 11 is 0. The van der Waals surface area contributed by atoms with Crippen molar-refractivity contribution in [3.8, 4) is 0 Å².